The zero-order chi connectivity index (χ0) is 23.2. The van der Waals surface area contributed by atoms with Gasteiger partial charge in [-0.15, -0.1) is 5.10 Å². The summed E-state index contributed by atoms with van der Waals surface area (Å²) in [5, 5.41) is 20.0. The van der Waals surface area contributed by atoms with Crippen molar-refractivity contribution in [2.75, 3.05) is 12.4 Å². The van der Waals surface area contributed by atoms with Gasteiger partial charge in [0.25, 0.3) is 0 Å². The molecule has 1 amide bonds. The molecule has 9 nitrogen and oxygen atoms in total. The molecule has 0 aliphatic carbocycles. The molecule has 10 heteroatoms. The van der Waals surface area contributed by atoms with E-state index in [1.54, 1.807) is 4.68 Å². The van der Waals surface area contributed by atoms with Gasteiger partial charge in [-0.2, -0.15) is 9.78 Å². The number of nitrogens with zero attached hydrogens (tertiary/aromatic N) is 6. The van der Waals surface area contributed by atoms with Gasteiger partial charge in [0.15, 0.2) is 0 Å². The number of tetrazole rings is 1. The van der Waals surface area contributed by atoms with Gasteiger partial charge >= 0.3 is 0 Å². The summed E-state index contributed by atoms with van der Waals surface area (Å²) >= 11 is 1.27. The highest BCUT2D eigenvalue weighted by Gasteiger charge is 2.16. The Morgan fingerprint density at radius 1 is 1.06 bits per heavy atom. The van der Waals surface area contributed by atoms with Crippen molar-refractivity contribution in [3.05, 3.63) is 71.5 Å². The van der Waals surface area contributed by atoms with E-state index in [4.69, 9.17) is 4.74 Å². The van der Waals surface area contributed by atoms with Crippen molar-refractivity contribution in [2.24, 2.45) is 0 Å². The number of aromatic nitrogens is 6. The first kappa shape index (κ1) is 22.5. The lowest BCUT2D eigenvalue weighted by Gasteiger charge is -2.10. The van der Waals surface area contributed by atoms with Crippen molar-refractivity contribution < 1.29 is 9.53 Å². The second-order valence-electron chi connectivity index (χ2n) is 7.24. The normalized spacial score (nSPS) is 10.9. The number of para-hydroxylation sites is 3. The number of benzene rings is 2. The molecule has 4 rings (SSSR count). The molecule has 0 fully saturated rings. The van der Waals surface area contributed by atoms with E-state index < -0.39 is 0 Å². The fourth-order valence-electron chi connectivity index (χ4n) is 3.45. The fourth-order valence-corrected chi connectivity index (χ4v) is 4.16. The Morgan fingerprint density at radius 2 is 1.82 bits per heavy atom. The minimum absolute atomic E-state index is 0.112. The number of aryl methyl sites for hydroxylation is 1. The van der Waals surface area contributed by atoms with Crippen molar-refractivity contribution in [1.29, 1.82) is 0 Å². The van der Waals surface area contributed by atoms with Gasteiger partial charge in [0.2, 0.25) is 11.1 Å². The molecule has 0 saturated carbocycles. The topological polar surface area (TPSA) is 99.8 Å². The van der Waals surface area contributed by atoms with Crippen LogP contribution in [0.25, 0.3) is 11.4 Å². The predicted octanol–water partition coefficient (Wildman–Crippen LogP) is 3.27. The Balaban J connectivity index is 1.39. The van der Waals surface area contributed by atoms with Gasteiger partial charge in [-0.1, -0.05) is 42.1 Å². The molecule has 0 unspecified atom stereocenters. The van der Waals surface area contributed by atoms with Crippen molar-refractivity contribution in [3.63, 3.8) is 0 Å². The van der Waals surface area contributed by atoms with Crippen molar-refractivity contribution >= 4 is 17.7 Å². The molecule has 4 aromatic rings. The van der Waals surface area contributed by atoms with E-state index in [0.29, 0.717) is 24.1 Å². The van der Waals surface area contributed by atoms with Crippen LogP contribution in [0, 0.1) is 13.8 Å². The molecule has 0 radical (unpaired) electrons. The quantitative estimate of drug-likeness (QED) is 0.380. The number of hydrogen-bond donors (Lipinski definition) is 1. The molecular formula is C23H25N7O2S. The maximum atomic E-state index is 12.6. The van der Waals surface area contributed by atoms with Crippen molar-refractivity contribution in [1.82, 2.24) is 35.3 Å². The number of ether oxygens (including phenoxy) is 1. The summed E-state index contributed by atoms with van der Waals surface area (Å²) in [6, 6.07) is 17.5. The summed E-state index contributed by atoms with van der Waals surface area (Å²) in [6.07, 6.45) is 0. The van der Waals surface area contributed by atoms with Gasteiger partial charge in [0, 0.05) is 17.8 Å². The van der Waals surface area contributed by atoms with Gasteiger partial charge in [0.1, 0.15) is 11.4 Å². The van der Waals surface area contributed by atoms with Crippen LogP contribution < -0.4 is 10.1 Å². The summed E-state index contributed by atoms with van der Waals surface area (Å²) in [7, 11) is 0. The second-order valence-corrected chi connectivity index (χ2v) is 8.18. The van der Waals surface area contributed by atoms with Crippen LogP contribution in [0.2, 0.25) is 0 Å². The Morgan fingerprint density at radius 3 is 2.61 bits per heavy atom. The van der Waals surface area contributed by atoms with E-state index in [2.05, 4.69) is 25.9 Å². The minimum Gasteiger partial charge on any atom is -0.492 e. The minimum atomic E-state index is -0.112. The average Bonchev–Trinajstić information content (AvgIpc) is 3.41. The largest absolute Gasteiger partial charge is 0.492 e. The Kier molecular flexibility index (Phi) is 7.04. The molecule has 33 heavy (non-hydrogen) atoms. The third-order valence-electron chi connectivity index (χ3n) is 5.07. The molecule has 0 aliphatic heterocycles. The average molecular weight is 464 g/mol. The molecule has 0 saturated heterocycles. The SMILES string of the molecule is CCOc1ccccc1-n1nnnc1SCC(=O)NCc1c(C)nn(-c2ccccc2)c1C. The molecule has 0 atom stereocenters. The standard InChI is InChI=1S/C23H25N7O2S/c1-4-32-21-13-9-8-12-20(21)30-23(25-27-28-30)33-15-22(31)24-14-19-16(2)26-29(17(19)3)18-10-6-5-7-11-18/h5-13H,4,14-15H2,1-3H3,(H,24,31). The number of rotatable bonds is 9. The second kappa shape index (κ2) is 10.3. The molecule has 2 aromatic heterocycles. The molecule has 170 valence electrons. The van der Waals surface area contributed by atoms with Gasteiger partial charge in [0.05, 0.1) is 23.7 Å². The van der Waals surface area contributed by atoms with Crippen LogP contribution >= 0.6 is 11.8 Å². The van der Waals surface area contributed by atoms with Crippen molar-refractivity contribution in [3.8, 4) is 17.1 Å². The van der Waals surface area contributed by atoms with Crippen LogP contribution in [0.15, 0.2) is 59.8 Å². The highest BCUT2D eigenvalue weighted by atomic mass is 32.2. The fraction of sp³-hybridized carbons (Fsp3) is 0.261. The van der Waals surface area contributed by atoms with Gasteiger partial charge < -0.3 is 10.1 Å². The maximum absolute atomic E-state index is 12.6. The molecular weight excluding hydrogens is 438 g/mol. The zero-order valence-electron chi connectivity index (χ0n) is 18.7. The first-order chi connectivity index (χ1) is 16.1. The summed E-state index contributed by atoms with van der Waals surface area (Å²) in [6.45, 7) is 6.81. The Bertz CT molecular complexity index is 1240. The van der Waals surface area contributed by atoms with Crippen LogP contribution in [0.3, 0.4) is 0 Å². The maximum Gasteiger partial charge on any atom is 0.230 e. The van der Waals surface area contributed by atoms with E-state index in [0.717, 1.165) is 28.3 Å². The van der Waals surface area contributed by atoms with Crippen LogP contribution in [0.5, 0.6) is 5.75 Å². The number of nitrogens with one attached hydrogen (secondary N) is 1. The Hall–Kier alpha value is -3.66. The number of thioether (sulfide) groups is 1. The van der Waals surface area contributed by atoms with Gasteiger partial charge in [-0.3, -0.25) is 4.79 Å². The number of carbonyl (C=O) groups is 1. The van der Waals surface area contributed by atoms with E-state index in [1.165, 1.54) is 11.8 Å². The lowest BCUT2D eigenvalue weighted by Crippen LogP contribution is -2.25. The number of hydrogen-bond acceptors (Lipinski definition) is 7. The van der Waals surface area contributed by atoms with Crippen LogP contribution in [0.1, 0.15) is 23.9 Å². The van der Waals surface area contributed by atoms with Crippen LogP contribution in [0.4, 0.5) is 0 Å². The Labute approximate surface area is 196 Å². The zero-order valence-corrected chi connectivity index (χ0v) is 19.5. The van der Waals surface area contributed by atoms with E-state index in [1.807, 2.05) is 80.1 Å². The first-order valence-electron chi connectivity index (χ1n) is 10.6. The van der Waals surface area contributed by atoms with Gasteiger partial charge in [-0.05, 0) is 55.5 Å². The molecule has 2 heterocycles. The smallest absolute Gasteiger partial charge is 0.230 e. The highest BCUT2D eigenvalue weighted by molar-refractivity contribution is 7.99. The lowest BCUT2D eigenvalue weighted by molar-refractivity contribution is -0.118. The molecule has 0 spiro atoms. The molecule has 1 N–H and O–H groups in total. The summed E-state index contributed by atoms with van der Waals surface area (Å²) in [5.74, 6) is 0.751. The lowest BCUT2D eigenvalue weighted by atomic mass is 10.2. The molecule has 0 bridgehead atoms. The summed E-state index contributed by atoms with van der Waals surface area (Å²) < 4.78 is 9.16. The predicted molar refractivity (Wildman–Crippen MR) is 126 cm³/mol. The monoisotopic (exact) mass is 463 g/mol. The number of amides is 1. The molecule has 2 aromatic carbocycles. The van der Waals surface area contributed by atoms with E-state index >= 15 is 0 Å². The van der Waals surface area contributed by atoms with Crippen LogP contribution in [-0.4, -0.2) is 48.3 Å². The third-order valence-corrected chi connectivity index (χ3v) is 5.99. The highest BCUT2D eigenvalue weighted by Crippen LogP contribution is 2.26. The van der Waals surface area contributed by atoms with E-state index in [9.17, 15) is 4.79 Å². The van der Waals surface area contributed by atoms with Crippen molar-refractivity contribution in [2.45, 2.75) is 32.5 Å². The third kappa shape index (κ3) is 5.06. The molecule has 0 aliphatic rings. The summed E-state index contributed by atoms with van der Waals surface area (Å²) in [4.78, 5) is 12.6. The van der Waals surface area contributed by atoms with Crippen LogP contribution in [-0.2, 0) is 11.3 Å². The summed E-state index contributed by atoms with van der Waals surface area (Å²) in [5.41, 5.74) is 4.62. The van der Waals surface area contributed by atoms with Gasteiger partial charge in [-0.25, -0.2) is 4.68 Å². The van der Waals surface area contributed by atoms with E-state index in [-0.39, 0.29) is 11.7 Å². The first-order valence-corrected chi connectivity index (χ1v) is 11.6. The number of carbonyl (C=O) groups excluding carboxylic acids is 1.